The lowest BCUT2D eigenvalue weighted by molar-refractivity contribution is 0.0694. The second kappa shape index (κ2) is 9.66. The van der Waals surface area contributed by atoms with Crippen LogP contribution >= 0.6 is 0 Å². The number of rotatable bonds is 8. The second-order valence-electron chi connectivity index (χ2n) is 7.11. The largest absolute Gasteiger partial charge is 0.487 e. The Hall–Kier alpha value is -1.75. The highest BCUT2D eigenvalue weighted by molar-refractivity contribution is 5.80. The van der Waals surface area contributed by atoms with E-state index in [0.29, 0.717) is 0 Å². The van der Waals surface area contributed by atoms with Crippen molar-refractivity contribution in [3.8, 4) is 5.75 Å². The predicted octanol–water partition coefficient (Wildman–Crippen LogP) is 3.66. The molecule has 5 nitrogen and oxygen atoms in total. The SMILES string of the molecule is CCNC(=NCCCCCOC)NC1CC(C)(C)Oc2ccccc21. The highest BCUT2D eigenvalue weighted by Gasteiger charge is 2.33. The van der Waals surface area contributed by atoms with E-state index in [1.54, 1.807) is 7.11 Å². The van der Waals surface area contributed by atoms with Crippen molar-refractivity contribution in [1.29, 1.82) is 0 Å². The van der Waals surface area contributed by atoms with E-state index in [-0.39, 0.29) is 11.6 Å². The van der Waals surface area contributed by atoms with Gasteiger partial charge in [-0.05, 0) is 46.1 Å². The summed E-state index contributed by atoms with van der Waals surface area (Å²) < 4.78 is 11.2. The summed E-state index contributed by atoms with van der Waals surface area (Å²) in [6.45, 7) is 8.87. The van der Waals surface area contributed by atoms with E-state index < -0.39 is 0 Å². The topological polar surface area (TPSA) is 54.9 Å². The van der Waals surface area contributed by atoms with Crippen LogP contribution in [0.2, 0.25) is 0 Å². The number of hydrogen-bond donors (Lipinski definition) is 2. The van der Waals surface area contributed by atoms with Crippen LogP contribution in [0.3, 0.4) is 0 Å². The van der Waals surface area contributed by atoms with Crippen LogP contribution in [-0.2, 0) is 4.74 Å². The highest BCUT2D eigenvalue weighted by Crippen LogP contribution is 2.39. The quantitative estimate of drug-likeness (QED) is 0.428. The van der Waals surface area contributed by atoms with Crippen LogP contribution in [-0.4, -0.2) is 38.4 Å². The number of fused-ring (bicyclic) bond motifs is 1. The molecule has 2 N–H and O–H groups in total. The Morgan fingerprint density at radius 3 is 2.84 bits per heavy atom. The molecule has 1 heterocycles. The Labute approximate surface area is 152 Å². The highest BCUT2D eigenvalue weighted by atomic mass is 16.5. The van der Waals surface area contributed by atoms with Crippen LogP contribution in [0.25, 0.3) is 0 Å². The van der Waals surface area contributed by atoms with Crippen LogP contribution in [0, 0.1) is 0 Å². The zero-order chi connectivity index (χ0) is 18.1. The first-order chi connectivity index (χ1) is 12.1. The summed E-state index contributed by atoms with van der Waals surface area (Å²) in [6, 6.07) is 8.47. The first-order valence-corrected chi connectivity index (χ1v) is 9.37. The summed E-state index contributed by atoms with van der Waals surface area (Å²) in [4.78, 5) is 4.74. The van der Waals surface area contributed by atoms with Crippen molar-refractivity contribution < 1.29 is 9.47 Å². The molecule has 2 rings (SSSR count). The van der Waals surface area contributed by atoms with Crippen LogP contribution in [0.5, 0.6) is 5.75 Å². The lowest BCUT2D eigenvalue weighted by Crippen LogP contribution is -2.45. The fraction of sp³-hybridized carbons (Fsp3) is 0.650. The van der Waals surface area contributed by atoms with Gasteiger partial charge in [-0.3, -0.25) is 4.99 Å². The molecule has 0 amide bonds. The molecule has 1 atom stereocenters. The van der Waals surface area contributed by atoms with Gasteiger partial charge in [-0.2, -0.15) is 0 Å². The van der Waals surface area contributed by atoms with Gasteiger partial charge >= 0.3 is 0 Å². The molecule has 1 aromatic rings. The molecule has 140 valence electrons. The number of nitrogens with one attached hydrogen (secondary N) is 2. The fourth-order valence-electron chi connectivity index (χ4n) is 3.14. The average Bonchev–Trinajstić information content (AvgIpc) is 2.57. The van der Waals surface area contributed by atoms with Crippen molar-refractivity contribution in [2.24, 2.45) is 4.99 Å². The normalized spacial score (nSPS) is 19.0. The van der Waals surface area contributed by atoms with E-state index in [9.17, 15) is 0 Å². The van der Waals surface area contributed by atoms with Gasteiger partial charge in [-0.15, -0.1) is 0 Å². The van der Waals surface area contributed by atoms with Crippen LogP contribution in [0.15, 0.2) is 29.3 Å². The van der Waals surface area contributed by atoms with Gasteiger partial charge in [0, 0.05) is 38.8 Å². The summed E-state index contributed by atoms with van der Waals surface area (Å²) in [7, 11) is 1.75. The third-order valence-corrected chi connectivity index (χ3v) is 4.31. The van der Waals surface area contributed by atoms with Crippen molar-refractivity contribution in [1.82, 2.24) is 10.6 Å². The van der Waals surface area contributed by atoms with Crippen molar-refractivity contribution >= 4 is 5.96 Å². The van der Waals surface area contributed by atoms with Gasteiger partial charge in [-0.25, -0.2) is 0 Å². The zero-order valence-electron chi connectivity index (χ0n) is 16.1. The standard InChI is InChI=1S/C20H33N3O2/c1-5-21-19(22-13-9-6-10-14-24-4)23-17-15-20(2,3)25-18-12-8-7-11-16(17)18/h7-8,11-12,17H,5-6,9-10,13-15H2,1-4H3,(H2,21,22,23). The van der Waals surface area contributed by atoms with Crippen molar-refractivity contribution in [2.45, 2.75) is 58.1 Å². The maximum atomic E-state index is 6.11. The van der Waals surface area contributed by atoms with Crippen molar-refractivity contribution in [3.63, 3.8) is 0 Å². The van der Waals surface area contributed by atoms with Crippen LogP contribution < -0.4 is 15.4 Å². The van der Waals surface area contributed by atoms with Crippen molar-refractivity contribution in [2.75, 3.05) is 26.8 Å². The van der Waals surface area contributed by atoms with Gasteiger partial charge in [0.05, 0.1) is 6.04 Å². The molecule has 0 radical (unpaired) electrons. The first kappa shape index (κ1) is 19.6. The molecule has 5 heteroatoms. The Balaban J connectivity index is 2.00. The minimum Gasteiger partial charge on any atom is -0.487 e. The minimum absolute atomic E-state index is 0.191. The number of unbranched alkanes of at least 4 members (excludes halogenated alkanes) is 2. The number of ether oxygens (including phenoxy) is 2. The summed E-state index contributed by atoms with van der Waals surface area (Å²) in [5.74, 6) is 1.85. The molecule has 0 saturated carbocycles. The van der Waals surface area contributed by atoms with E-state index in [0.717, 1.165) is 57.1 Å². The molecule has 0 bridgehead atoms. The molecule has 25 heavy (non-hydrogen) atoms. The van der Waals surface area contributed by atoms with Crippen molar-refractivity contribution in [3.05, 3.63) is 29.8 Å². The molecule has 0 aromatic heterocycles. The van der Waals surface area contributed by atoms with Gasteiger partial charge in [0.2, 0.25) is 0 Å². The summed E-state index contributed by atoms with van der Waals surface area (Å²) >= 11 is 0. The van der Waals surface area contributed by atoms with Gasteiger partial charge in [0.1, 0.15) is 11.4 Å². The van der Waals surface area contributed by atoms with Gasteiger partial charge in [-0.1, -0.05) is 18.2 Å². The average molecular weight is 348 g/mol. The molecule has 1 aliphatic heterocycles. The number of methoxy groups -OCH3 is 1. The fourth-order valence-corrected chi connectivity index (χ4v) is 3.14. The number of hydrogen-bond acceptors (Lipinski definition) is 3. The van der Waals surface area contributed by atoms with E-state index in [4.69, 9.17) is 14.5 Å². The number of aliphatic imine (C=N–C) groups is 1. The smallest absolute Gasteiger partial charge is 0.191 e. The molecule has 1 unspecified atom stereocenters. The number of nitrogens with zero attached hydrogens (tertiary/aromatic N) is 1. The first-order valence-electron chi connectivity index (χ1n) is 9.37. The molecule has 0 saturated heterocycles. The number of guanidine groups is 1. The predicted molar refractivity (Wildman–Crippen MR) is 103 cm³/mol. The second-order valence-corrected chi connectivity index (χ2v) is 7.11. The van der Waals surface area contributed by atoms with Gasteiger partial charge in [0.15, 0.2) is 5.96 Å². The number of para-hydroxylation sites is 1. The Bertz CT molecular complexity index is 558. The lowest BCUT2D eigenvalue weighted by Gasteiger charge is -2.38. The maximum Gasteiger partial charge on any atom is 0.191 e. The molecule has 1 aromatic carbocycles. The molecule has 0 aliphatic carbocycles. The number of benzene rings is 1. The van der Waals surface area contributed by atoms with E-state index in [1.807, 2.05) is 12.1 Å². The summed E-state index contributed by atoms with van der Waals surface area (Å²) in [5, 5.41) is 6.97. The molecule has 1 aliphatic rings. The Morgan fingerprint density at radius 1 is 1.28 bits per heavy atom. The molecular formula is C20H33N3O2. The third kappa shape index (κ3) is 6.24. The Kier molecular flexibility index (Phi) is 7.56. The van der Waals surface area contributed by atoms with Gasteiger partial charge in [0.25, 0.3) is 0 Å². The monoisotopic (exact) mass is 347 g/mol. The minimum atomic E-state index is -0.191. The van der Waals surface area contributed by atoms with E-state index >= 15 is 0 Å². The zero-order valence-corrected chi connectivity index (χ0v) is 16.1. The van der Waals surface area contributed by atoms with Crippen LogP contribution in [0.4, 0.5) is 0 Å². The van der Waals surface area contributed by atoms with Gasteiger partial charge < -0.3 is 20.1 Å². The van der Waals surface area contributed by atoms with Crippen LogP contribution in [0.1, 0.15) is 58.1 Å². The maximum absolute atomic E-state index is 6.11. The lowest BCUT2D eigenvalue weighted by atomic mass is 9.90. The summed E-state index contributed by atoms with van der Waals surface area (Å²) in [6.07, 6.45) is 4.22. The molecule has 0 fully saturated rings. The third-order valence-electron chi connectivity index (χ3n) is 4.31. The molecular weight excluding hydrogens is 314 g/mol. The summed E-state index contributed by atoms with van der Waals surface area (Å²) in [5.41, 5.74) is 1.01. The van der Waals surface area contributed by atoms with E-state index in [2.05, 4.69) is 43.5 Å². The van der Waals surface area contributed by atoms with E-state index in [1.165, 1.54) is 5.56 Å². The Morgan fingerprint density at radius 2 is 2.08 bits per heavy atom. The molecule has 0 spiro atoms.